The molecule has 33 heavy (non-hydrogen) atoms. The Kier molecular flexibility index (Phi) is 7.11. The second-order valence-corrected chi connectivity index (χ2v) is 7.76. The molecular formula is C30H20F2Zr. The summed E-state index contributed by atoms with van der Waals surface area (Å²) in [4.78, 5) is 0. The first kappa shape index (κ1) is 23.0. The minimum Gasteiger partial charge on any atom is -0.207 e. The molecule has 0 fully saturated rings. The molecule has 0 bridgehead atoms. The fourth-order valence-corrected chi connectivity index (χ4v) is 3.92. The zero-order chi connectivity index (χ0) is 21.9. The third kappa shape index (κ3) is 5.26. The first-order chi connectivity index (χ1) is 15.7. The van der Waals surface area contributed by atoms with Gasteiger partial charge in [0, 0.05) is 0 Å². The Morgan fingerprint density at radius 3 is 1.18 bits per heavy atom. The summed E-state index contributed by atoms with van der Waals surface area (Å²) in [5.41, 5.74) is 4.39. The largest absolute Gasteiger partial charge is 2.00 e. The van der Waals surface area contributed by atoms with Gasteiger partial charge in [-0.1, -0.05) is 71.8 Å². The molecule has 0 aliphatic heterocycles. The van der Waals surface area contributed by atoms with Crippen LogP contribution < -0.4 is 0 Å². The van der Waals surface area contributed by atoms with Crippen molar-refractivity contribution in [1.82, 2.24) is 0 Å². The van der Waals surface area contributed by atoms with Crippen LogP contribution in [0.15, 0.2) is 121 Å². The molecule has 6 aromatic carbocycles. The number of rotatable bonds is 2. The summed E-state index contributed by atoms with van der Waals surface area (Å²) in [6.07, 6.45) is 0. The molecule has 0 saturated carbocycles. The Hall–Kier alpha value is -3.16. The van der Waals surface area contributed by atoms with Crippen molar-refractivity contribution in [1.29, 1.82) is 0 Å². The Morgan fingerprint density at radius 1 is 0.455 bits per heavy atom. The molecule has 0 saturated heterocycles. The average Bonchev–Trinajstić information content (AvgIpc) is 3.45. The van der Waals surface area contributed by atoms with Crippen LogP contribution in [0.1, 0.15) is 0 Å². The number of fused-ring (bicyclic) bond motifs is 2. The van der Waals surface area contributed by atoms with Crippen LogP contribution in [0.3, 0.4) is 0 Å². The predicted octanol–water partition coefficient (Wildman–Crippen LogP) is 8.73. The van der Waals surface area contributed by atoms with Gasteiger partial charge in [0.05, 0.1) is 0 Å². The fraction of sp³-hybridized carbons (Fsp3) is 0. The van der Waals surface area contributed by atoms with Crippen LogP contribution in [-0.2, 0) is 26.2 Å². The minimum absolute atomic E-state index is 0. The number of hydrogen-bond acceptors (Lipinski definition) is 0. The van der Waals surface area contributed by atoms with Gasteiger partial charge in [-0.2, -0.15) is 0 Å². The van der Waals surface area contributed by atoms with Crippen molar-refractivity contribution in [2.75, 3.05) is 0 Å². The third-order valence-electron chi connectivity index (χ3n) is 5.59. The van der Waals surface area contributed by atoms with Gasteiger partial charge >= 0.3 is 26.2 Å². The van der Waals surface area contributed by atoms with E-state index in [0.29, 0.717) is 0 Å². The Labute approximate surface area is 211 Å². The Morgan fingerprint density at radius 2 is 0.818 bits per heavy atom. The molecule has 0 unspecified atom stereocenters. The standard InChI is InChI=1S/2C15H10F.Zr/c2*16-15-7-5-11(6-8-15)14-9-12-3-1-2-4-13(12)10-14;/h2*1-10H;/q2*-1;+2. The summed E-state index contributed by atoms with van der Waals surface area (Å²) in [6, 6.07) is 38.2. The predicted molar refractivity (Wildman–Crippen MR) is 130 cm³/mol. The van der Waals surface area contributed by atoms with Gasteiger partial charge in [-0.15, -0.1) is 69.1 Å². The van der Waals surface area contributed by atoms with Gasteiger partial charge in [0.25, 0.3) is 0 Å². The van der Waals surface area contributed by atoms with Gasteiger partial charge in [-0.3, -0.25) is 0 Å². The first-order valence-corrected chi connectivity index (χ1v) is 10.5. The van der Waals surface area contributed by atoms with Crippen molar-refractivity contribution in [3.8, 4) is 22.3 Å². The van der Waals surface area contributed by atoms with Crippen molar-refractivity contribution < 1.29 is 35.0 Å². The second-order valence-electron chi connectivity index (χ2n) is 7.76. The smallest absolute Gasteiger partial charge is 0.207 e. The maximum absolute atomic E-state index is 12.8. The second kappa shape index (κ2) is 10.2. The van der Waals surface area contributed by atoms with E-state index < -0.39 is 0 Å². The summed E-state index contributed by atoms with van der Waals surface area (Å²) >= 11 is 0. The SMILES string of the molecule is Fc1ccc(-c2cc3ccccc3[cH-]2)cc1.Fc1ccc(-c2cc3ccccc3[cH-]2)cc1.[Zr+2]. The van der Waals surface area contributed by atoms with Gasteiger partial charge in [-0.05, 0) is 24.3 Å². The van der Waals surface area contributed by atoms with Gasteiger partial charge in [-0.25, -0.2) is 8.78 Å². The van der Waals surface area contributed by atoms with Crippen molar-refractivity contribution in [3.63, 3.8) is 0 Å². The summed E-state index contributed by atoms with van der Waals surface area (Å²) in [5, 5.41) is 4.90. The molecule has 0 nitrogen and oxygen atoms in total. The molecule has 0 aliphatic carbocycles. The van der Waals surface area contributed by atoms with Crippen LogP contribution in [0.5, 0.6) is 0 Å². The zero-order valence-corrected chi connectivity index (χ0v) is 20.3. The van der Waals surface area contributed by atoms with E-state index in [9.17, 15) is 8.78 Å². The van der Waals surface area contributed by atoms with Crippen molar-refractivity contribution in [2.45, 2.75) is 0 Å². The first-order valence-electron chi connectivity index (χ1n) is 10.5. The quantitative estimate of drug-likeness (QED) is 0.205. The summed E-state index contributed by atoms with van der Waals surface area (Å²) in [7, 11) is 0. The van der Waals surface area contributed by atoms with Crippen LogP contribution in [0.4, 0.5) is 8.78 Å². The van der Waals surface area contributed by atoms with E-state index in [1.165, 1.54) is 45.8 Å². The van der Waals surface area contributed by atoms with Crippen LogP contribution in [0.25, 0.3) is 43.8 Å². The van der Waals surface area contributed by atoms with Gasteiger partial charge in [0.1, 0.15) is 11.6 Å². The zero-order valence-electron chi connectivity index (χ0n) is 17.8. The normalized spacial score (nSPS) is 10.5. The van der Waals surface area contributed by atoms with E-state index in [1.54, 1.807) is 0 Å². The topological polar surface area (TPSA) is 0 Å². The van der Waals surface area contributed by atoms with Gasteiger partial charge in [0.2, 0.25) is 0 Å². The molecule has 0 aromatic heterocycles. The van der Waals surface area contributed by atoms with E-state index in [4.69, 9.17) is 0 Å². The number of benzene rings is 4. The molecule has 0 heterocycles. The Balaban J connectivity index is 0.000000152. The van der Waals surface area contributed by atoms with E-state index in [1.807, 2.05) is 48.5 Å². The van der Waals surface area contributed by atoms with E-state index in [-0.39, 0.29) is 37.8 Å². The van der Waals surface area contributed by atoms with Crippen LogP contribution in [0.2, 0.25) is 0 Å². The molecule has 158 valence electrons. The van der Waals surface area contributed by atoms with Crippen molar-refractivity contribution in [3.05, 3.63) is 133 Å². The fourth-order valence-electron chi connectivity index (χ4n) is 3.92. The van der Waals surface area contributed by atoms with Crippen LogP contribution >= 0.6 is 0 Å². The molecule has 0 radical (unpaired) electrons. The Bertz CT molecular complexity index is 1290. The molecule has 0 atom stereocenters. The van der Waals surface area contributed by atoms with E-state index >= 15 is 0 Å². The number of halogens is 2. The maximum atomic E-state index is 12.8. The maximum Gasteiger partial charge on any atom is 2.00 e. The summed E-state index contributed by atoms with van der Waals surface area (Å²) in [5.74, 6) is -0.389. The monoisotopic (exact) mass is 508 g/mol. The van der Waals surface area contributed by atoms with E-state index in [0.717, 1.165) is 22.3 Å². The van der Waals surface area contributed by atoms with Gasteiger partial charge in [0.15, 0.2) is 0 Å². The third-order valence-corrected chi connectivity index (χ3v) is 5.59. The minimum atomic E-state index is -0.195. The van der Waals surface area contributed by atoms with Crippen LogP contribution in [0, 0.1) is 11.6 Å². The molecule has 6 aromatic rings. The molecule has 0 spiro atoms. The molecule has 0 N–H and O–H groups in total. The average molecular weight is 510 g/mol. The molecule has 3 heteroatoms. The molecule has 0 aliphatic rings. The summed E-state index contributed by atoms with van der Waals surface area (Å²) in [6.45, 7) is 0. The molecular weight excluding hydrogens is 490 g/mol. The van der Waals surface area contributed by atoms with E-state index in [2.05, 4.69) is 48.5 Å². The van der Waals surface area contributed by atoms with Crippen LogP contribution in [-0.4, -0.2) is 0 Å². The van der Waals surface area contributed by atoms with Gasteiger partial charge < -0.3 is 0 Å². The molecule has 6 rings (SSSR count). The molecule has 0 amide bonds. The van der Waals surface area contributed by atoms with Crippen molar-refractivity contribution in [2.24, 2.45) is 0 Å². The summed E-state index contributed by atoms with van der Waals surface area (Å²) < 4.78 is 25.6. The van der Waals surface area contributed by atoms with Crippen molar-refractivity contribution >= 4 is 21.5 Å². The number of hydrogen-bond donors (Lipinski definition) is 0.